The molecule has 0 radical (unpaired) electrons. The van der Waals surface area contributed by atoms with Crippen LogP contribution in [0, 0.1) is 6.92 Å². The zero-order valence-corrected chi connectivity index (χ0v) is 19.0. The zero-order chi connectivity index (χ0) is 23.7. The van der Waals surface area contributed by atoms with Crippen LogP contribution in [0.25, 0.3) is 22.0 Å². The molecule has 0 aliphatic carbocycles. The first kappa shape index (κ1) is 21.7. The molecule has 0 spiro atoms. The first-order valence-corrected chi connectivity index (χ1v) is 11.1. The number of rotatable bonds is 5. The normalized spacial score (nSPS) is 11.0. The molecule has 1 amide bonds. The lowest BCUT2D eigenvalue weighted by atomic mass is 10.0. The van der Waals surface area contributed by atoms with Crippen LogP contribution in [0.5, 0.6) is 0 Å². The van der Waals surface area contributed by atoms with E-state index in [2.05, 4.69) is 10.3 Å². The van der Waals surface area contributed by atoms with Gasteiger partial charge in [-0.15, -0.1) is 0 Å². The largest absolute Gasteiger partial charge is 0.459 e. The summed E-state index contributed by atoms with van der Waals surface area (Å²) in [5.41, 5.74) is 3.95. The second kappa shape index (κ2) is 9.00. The van der Waals surface area contributed by atoms with Crippen LogP contribution in [0.2, 0.25) is 5.02 Å². The van der Waals surface area contributed by atoms with Gasteiger partial charge < -0.3 is 9.73 Å². The molecule has 5 aromatic rings. The molecule has 0 aliphatic heterocycles. The molecular weight excluding hydrogens is 450 g/mol. The lowest BCUT2D eigenvalue weighted by molar-refractivity contribution is 0.0996. The van der Waals surface area contributed by atoms with Crippen LogP contribution in [0.1, 0.15) is 21.9 Å². The van der Waals surface area contributed by atoms with Crippen molar-refractivity contribution in [2.45, 2.75) is 13.5 Å². The Morgan fingerprint density at radius 2 is 1.82 bits per heavy atom. The third-order valence-electron chi connectivity index (χ3n) is 5.60. The number of hydrogen-bond acceptors (Lipinski definition) is 4. The molecule has 168 valence electrons. The van der Waals surface area contributed by atoms with Gasteiger partial charge in [0.1, 0.15) is 5.82 Å². The van der Waals surface area contributed by atoms with Crippen LogP contribution in [-0.4, -0.2) is 15.5 Å². The van der Waals surface area contributed by atoms with Crippen LogP contribution in [0.4, 0.5) is 5.69 Å². The van der Waals surface area contributed by atoms with E-state index < -0.39 is 0 Å². The summed E-state index contributed by atoms with van der Waals surface area (Å²) in [4.78, 5) is 30.2. The van der Waals surface area contributed by atoms with Crippen LogP contribution < -0.4 is 10.9 Å². The van der Waals surface area contributed by atoms with Crippen LogP contribution in [0.15, 0.2) is 94.3 Å². The number of halogens is 1. The minimum atomic E-state index is -0.385. The van der Waals surface area contributed by atoms with E-state index in [1.165, 1.54) is 6.26 Å². The number of furan rings is 1. The summed E-state index contributed by atoms with van der Waals surface area (Å²) in [6, 6.07) is 24.0. The number of fused-ring (bicyclic) bond motifs is 1. The van der Waals surface area contributed by atoms with Gasteiger partial charge >= 0.3 is 0 Å². The molecule has 2 aromatic heterocycles. The highest BCUT2D eigenvalue weighted by Gasteiger charge is 2.13. The van der Waals surface area contributed by atoms with Gasteiger partial charge in [0.05, 0.1) is 23.7 Å². The third-order valence-corrected chi connectivity index (χ3v) is 5.84. The molecule has 1 N–H and O–H groups in total. The maximum Gasteiger partial charge on any atom is 0.291 e. The highest BCUT2D eigenvalue weighted by molar-refractivity contribution is 6.30. The average Bonchev–Trinajstić information content (AvgIpc) is 3.38. The number of amides is 1. The Morgan fingerprint density at radius 3 is 2.56 bits per heavy atom. The average molecular weight is 470 g/mol. The van der Waals surface area contributed by atoms with E-state index in [-0.39, 0.29) is 17.2 Å². The monoisotopic (exact) mass is 469 g/mol. The van der Waals surface area contributed by atoms with Crippen molar-refractivity contribution in [2.24, 2.45) is 0 Å². The topological polar surface area (TPSA) is 77.1 Å². The highest BCUT2D eigenvalue weighted by Crippen LogP contribution is 2.23. The van der Waals surface area contributed by atoms with E-state index in [0.717, 1.165) is 16.7 Å². The summed E-state index contributed by atoms with van der Waals surface area (Å²) in [7, 11) is 0. The molecule has 2 heterocycles. The summed E-state index contributed by atoms with van der Waals surface area (Å²) in [5.74, 6) is 0.425. The maximum atomic E-state index is 13.3. The number of carbonyl (C=O) groups excluding carboxylic acids is 1. The first-order valence-electron chi connectivity index (χ1n) is 10.7. The molecule has 0 fully saturated rings. The van der Waals surface area contributed by atoms with Gasteiger partial charge in [0.25, 0.3) is 11.5 Å². The van der Waals surface area contributed by atoms with Crippen molar-refractivity contribution >= 4 is 34.1 Å². The van der Waals surface area contributed by atoms with Gasteiger partial charge in [0, 0.05) is 10.7 Å². The second-order valence-corrected chi connectivity index (χ2v) is 8.36. The SMILES string of the molecule is Cc1nc2ccc(NC(=O)c3ccco3)cc2c(=O)n1Cc1ccc(-c2cccc(Cl)c2)cc1. The Kier molecular flexibility index (Phi) is 5.74. The van der Waals surface area contributed by atoms with Crippen molar-refractivity contribution in [1.29, 1.82) is 0 Å². The fourth-order valence-electron chi connectivity index (χ4n) is 3.85. The molecule has 0 saturated carbocycles. The van der Waals surface area contributed by atoms with E-state index in [9.17, 15) is 9.59 Å². The number of aryl methyl sites for hydroxylation is 1. The van der Waals surface area contributed by atoms with Crippen molar-refractivity contribution in [2.75, 3.05) is 5.32 Å². The molecule has 0 aliphatic rings. The van der Waals surface area contributed by atoms with Crippen molar-refractivity contribution in [3.8, 4) is 11.1 Å². The van der Waals surface area contributed by atoms with E-state index in [1.54, 1.807) is 34.9 Å². The molecule has 0 atom stereocenters. The molecule has 6 nitrogen and oxygen atoms in total. The van der Waals surface area contributed by atoms with Gasteiger partial charge in [0.15, 0.2) is 5.76 Å². The predicted molar refractivity (Wildman–Crippen MR) is 133 cm³/mol. The number of aromatic nitrogens is 2. The molecule has 34 heavy (non-hydrogen) atoms. The van der Waals surface area contributed by atoms with Gasteiger partial charge in [-0.05, 0) is 66.1 Å². The quantitative estimate of drug-likeness (QED) is 0.346. The summed E-state index contributed by atoms with van der Waals surface area (Å²) < 4.78 is 6.76. The van der Waals surface area contributed by atoms with E-state index in [4.69, 9.17) is 16.0 Å². The van der Waals surface area contributed by atoms with Gasteiger partial charge in [-0.3, -0.25) is 14.2 Å². The standard InChI is InChI=1S/C27H20ClN3O3/c1-17-29-24-12-11-22(30-26(32)25-6-3-13-34-25)15-23(24)27(33)31(17)16-18-7-9-19(10-8-18)20-4-2-5-21(28)14-20/h2-15H,16H2,1H3,(H,30,32). The molecule has 0 unspecified atom stereocenters. The molecule has 3 aromatic carbocycles. The number of carbonyl (C=O) groups is 1. The number of anilines is 1. The molecule has 7 heteroatoms. The number of nitrogens with one attached hydrogen (secondary N) is 1. The number of nitrogens with zero attached hydrogens (tertiary/aromatic N) is 2. The zero-order valence-electron chi connectivity index (χ0n) is 18.3. The number of hydrogen-bond donors (Lipinski definition) is 1. The summed E-state index contributed by atoms with van der Waals surface area (Å²) in [6.45, 7) is 2.19. The Balaban J connectivity index is 1.43. The van der Waals surface area contributed by atoms with Crippen LogP contribution >= 0.6 is 11.6 Å². The minimum absolute atomic E-state index is 0.171. The van der Waals surface area contributed by atoms with Crippen molar-refractivity contribution in [3.63, 3.8) is 0 Å². The summed E-state index contributed by atoms with van der Waals surface area (Å²) in [6.07, 6.45) is 1.43. The Hall–Kier alpha value is -4.16. The predicted octanol–water partition coefficient (Wildman–Crippen LogP) is 5.92. The van der Waals surface area contributed by atoms with Crippen LogP contribution in [-0.2, 0) is 6.54 Å². The van der Waals surface area contributed by atoms with Gasteiger partial charge in [-0.2, -0.15) is 0 Å². The summed E-state index contributed by atoms with van der Waals surface area (Å²) >= 11 is 6.11. The Labute approximate surface area is 200 Å². The third kappa shape index (κ3) is 4.36. The van der Waals surface area contributed by atoms with E-state index in [0.29, 0.717) is 34.0 Å². The molecule has 5 rings (SSSR count). The molecule has 0 saturated heterocycles. The van der Waals surface area contributed by atoms with E-state index in [1.807, 2.05) is 55.5 Å². The number of benzene rings is 3. The highest BCUT2D eigenvalue weighted by atomic mass is 35.5. The van der Waals surface area contributed by atoms with Gasteiger partial charge in [0.2, 0.25) is 0 Å². The van der Waals surface area contributed by atoms with Crippen molar-refractivity contribution < 1.29 is 9.21 Å². The van der Waals surface area contributed by atoms with Crippen molar-refractivity contribution in [3.05, 3.63) is 118 Å². The first-order chi connectivity index (χ1) is 16.5. The lowest BCUT2D eigenvalue weighted by Crippen LogP contribution is -2.24. The summed E-state index contributed by atoms with van der Waals surface area (Å²) in [5, 5.41) is 3.87. The Morgan fingerprint density at radius 1 is 1.00 bits per heavy atom. The Bertz CT molecular complexity index is 1560. The van der Waals surface area contributed by atoms with Crippen molar-refractivity contribution in [1.82, 2.24) is 9.55 Å². The smallest absolute Gasteiger partial charge is 0.291 e. The second-order valence-electron chi connectivity index (χ2n) is 7.92. The fraction of sp³-hybridized carbons (Fsp3) is 0.0741. The van der Waals surface area contributed by atoms with Gasteiger partial charge in [-0.25, -0.2) is 4.98 Å². The lowest BCUT2D eigenvalue weighted by Gasteiger charge is -2.12. The van der Waals surface area contributed by atoms with Gasteiger partial charge in [-0.1, -0.05) is 48.0 Å². The minimum Gasteiger partial charge on any atom is -0.459 e. The maximum absolute atomic E-state index is 13.3. The molecule has 0 bridgehead atoms. The fourth-order valence-corrected chi connectivity index (χ4v) is 4.04. The van der Waals surface area contributed by atoms with Crippen LogP contribution in [0.3, 0.4) is 0 Å². The molecular formula is C27H20ClN3O3. The van der Waals surface area contributed by atoms with E-state index >= 15 is 0 Å².